The minimum atomic E-state index is 0.177. The summed E-state index contributed by atoms with van der Waals surface area (Å²) < 4.78 is 0. The molecule has 2 amide bonds. The summed E-state index contributed by atoms with van der Waals surface area (Å²) in [5.41, 5.74) is 0. The van der Waals surface area contributed by atoms with Gasteiger partial charge in [-0.25, -0.2) is 0 Å². The lowest BCUT2D eigenvalue weighted by atomic mass is 10.1. The van der Waals surface area contributed by atoms with Crippen molar-refractivity contribution in [2.45, 2.75) is 64.2 Å². The third-order valence-corrected chi connectivity index (χ3v) is 3.72. The van der Waals surface area contributed by atoms with Crippen LogP contribution >= 0.6 is 0 Å². The van der Waals surface area contributed by atoms with Crippen molar-refractivity contribution in [1.82, 2.24) is 15.5 Å². The zero-order valence-corrected chi connectivity index (χ0v) is 14.7. The fraction of sp³-hybridized carbons (Fsp3) is 0.882. The smallest absolute Gasteiger partial charge is 0.222 e. The number of carbonyl (C=O) groups is 2. The average molecular weight is 313 g/mol. The van der Waals surface area contributed by atoms with E-state index >= 15 is 0 Å². The van der Waals surface area contributed by atoms with Crippen molar-refractivity contribution >= 4 is 11.8 Å². The third-order valence-electron chi connectivity index (χ3n) is 3.72. The van der Waals surface area contributed by atoms with E-state index < -0.39 is 0 Å². The summed E-state index contributed by atoms with van der Waals surface area (Å²) in [6, 6.07) is 0. The van der Waals surface area contributed by atoms with E-state index in [1.165, 1.54) is 12.8 Å². The van der Waals surface area contributed by atoms with Gasteiger partial charge >= 0.3 is 0 Å². The molecule has 5 nitrogen and oxygen atoms in total. The van der Waals surface area contributed by atoms with Crippen molar-refractivity contribution in [2.75, 3.05) is 34.2 Å². The van der Waals surface area contributed by atoms with Crippen LogP contribution in [0.25, 0.3) is 0 Å². The molecule has 0 aliphatic carbocycles. The van der Waals surface area contributed by atoms with E-state index in [0.29, 0.717) is 12.8 Å². The van der Waals surface area contributed by atoms with Gasteiger partial charge in [0.25, 0.3) is 0 Å². The van der Waals surface area contributed by atoms with Crippen LogP contribution in [0.5, 0.6) is 0 Å². The Bertz CT molecular complexity index is 294. The van der Waals surface area contributed by atoms with Crippen LogP contribution in [0, 0.1) is 0 Å². The second-order valence-electron chi connectivity index (χ2n) is 6.07. The first-order valence-corrected chi connectivity index (χ1v) is 8.69. The maximum Gasteiger partial charge on any atom is 0.222 e. The van der Waals surface area contributed by atoms with Gasteiger partial charge in [0.1, 0.15) is 0 Å². The van der Waals surface area contributed by atoms with Crippen molar-refractivity contribution in [3.63, 3.8) is 0 Å². The Labute approximate surface area is 136 Å². The molecule has 0 aromatic carbocycles. The number of nitrogens with one attached hydrogen (secondary N) is 2. The summed E-state index contributed by atoms with van der Waals surface area (Å²) in [4.78, 5) is 24.6. The number of unbranched alkanes of at least 4 members (excludes halogenated alkanes) is 6. The van der Waals surface area contributed by atoms with Gasteiger partial charge in [0.15, 0.2) is 0 Å². The van der Waals surface area contributed by atoms with Gasteiger partial charge in [0.05, 0.1) is 0 Å². The maximum atomic E-state index is 11.6. The molecule has 0 aromatic rings. The number of hydrogen-bond donors (Lipinski definition) is 2. The highest BCUT2D eigenvalue weighted by molar-refractivity contribution is 5.75. The molecule has 5 heteroatoms. The van der Waals surface area contributed by atoms with E-state index in [0.717, 1.165) is 51.6 Å². The van der Waals surface area contributed by atoms with Gasteiger partial charge in [0.2, 0.25) is 11.8 Å². The lowest BCUT2D eigenvalue weighted by Gasteiger charge is -2.09. The Morgan fingerprint density at radius 1 is 0.773 bits per heavy atom. The van der Waals surface area contributed by atoms with Gasteiger partial charge < -0.3 is 15.5 Å². The molecule has 0 fully saturated rings. The summed E-state index contributed by atoms with van der Waals surface area (Å²) in [6.45, 7) is 1.83. The SMILES string of the molecule is CNCCCCCCC(=O)NCCCCCCC(=O)N(C)C. The summed E-state index contributed by atoms with van der Waals surface area (Å²) in [6.07, 6.45) is 9.86. The molecule has 0 aliphatic rings. The first-order valence-electron chi connectivity index (χ1n) is 8.69. The second kappa shape index (κ2) is 14.8. The van der Waals surface area contributed by atoms with Crippen molar-refractivity contribution < 1.29 is 9.59 Å². The highest BCUT2D eigenvalue weighted by Gasteiger charge is 2.03. The molecule has 0 aliphatic heterocycles. The Hall–Kier alpha value is -1.10. The molecule has 0 heterocycles. The molecule has 0 saturated carbocycles. The molecule has 2 N–H and O–H groups in total. The van der Waals surface area contributed by atoms with Crippen LogP contribution < -0.4 is 10.6 Å². The van der Waals surface area contributed by atoms with Crippen molar-refractivity contribution in [2.24, 2.45) is 0 Å². The zero-order chi connectivity index (χ0) is 16.6. The molecule has 0 rings (SSSR count). The predicted octanol–water partition coefficient (Wildman–Crippen LogP) is 2.31. The van der Waals surface area contributed by atoms with Crippen LogP contribution in [-0.2, 0) is 9.59 Å². The second-order valence-corrected chi connectivity index (χ2v) is 6.07. The fourth-order valence-corrected chi connectivity index (χ4v) is 2.24. The summed E-state index contributed by atoms with van der Waals surface area (Å²) in [7, 11) is 5.55. The van der Waals surface area contributed by atoms with E-state index in [9.17, 15) is 9.59 Å². The fourth-order valence-electron chi connectivity index (χ4n) is 2.24. The Morgan fingerprint density at radius 3 is 1.91 bits per heavy atom. The van der Waals surface area contributed by atoms with Crippen LogP contribution in [0.2, 0.25) is 0 Å². The minimum Gasteiger partial charge on any atom is -0.356 e. The maximum absolute atomic E-state index is 11.6. The third kappa shape index (κ3) is 13.9. The molecule has 0 unspecified atom stereocenters. The molecule has 130 valence electrons. The van der Waals surface area contributed by atoms with Crippen molar-refractivity contribution in [3.8, 4) is 0 Å². The Morgan fingerprint density at radius 2 is 1.32 bits per heavy atom. The monoisotopic (exact) mass is 313 g/mol. The Balaban J connectivity index is 3.26. The largest absolute Gasteiger partial charge is 0.356 e. The number of nitrogens with zero attached hydrogens (tertiary/aromatic N) is 1. The van der Waals surface area contributed by atoms with Crippen LogP contribution in [0.3, 0.4) is 0 Å². The van der Waals surface area contributed by atoms with Crippen LogP contribution in [0.1, 0.15) is 64.2 Å². The zero-order valence-electron chi connectivity index (χ0n) is 14.7. The summed E-state index contributed by atoms with van der Waals surface area (Å²) in [5, 5.41) is 6.10. The minimum absolute atomic E-state index is 0.177. The van der Waals surface area contributed by atoms with Crippen molar-refractivity contribution in [3.05, 3.63) is 0 Å². The highest BCUT2D eigenvalue weighted by Crippen LogP contribution is 2.05. The van der Waals surface area contributed by atoms with E-state index in [2.05, 4.69) is 10.6 Å². The molecule has 0 atom stereocenters. The molecule has 22 heavy (non-hydrogen) atoms. The lowest BCUT2D eigenvalue weighted by molar-refractivity contribution is -0.128. The molecule has 0 bridgehead atoms. The summed E-state index contributed by atoms with van der Waals surface area (Å²) in [5.74, 6) is 0.374. The predicted molar refractivity (Wildman–Crippen MR) is 91.8 cm³/mol. The molecular weight excluding hydrogens is 278 g/mol. The van der Waals surface area contributed by atoms with Gasteiger partial charge in [-0.3, -0.25) is 9.59 Å². The van der Waals surface area contributed by atoms with Crippen LogP contribution in [-0.4, -0.2) is 50.9 Å². The van der Waals surface area contributed by atoms with Crippen LogP contribution in [0.4, 0.5) is 0 Å². The number of hydrogen-bond acceptors (Lipinski definition) is 3. The molecule has 0 spiro atoms. The lowest BCUT2D eigenvalue weighted by Crippen LogP contribution is -2.24. The normalized spacial score (nSPS) is 10.5. The molecule has 0 saturated heterocycles. The average Bonchev–Trinajstić information content (AvgIpc) is 2.49. The van der Waals surface area contributed by atoms with E-state index in [-0.39, 0.29) is 11.8 Å². The number of amides is 2. The van der Waals surface area contributed by atoms with Crippen molar-refractivity contribution in [1.29, 1.82) is 0 Å². The van der Waals surface area contributed by atoms with E-state index in [1.807, 2.05) is 7.05 Å². The van der Waals surface area contributed by atoms with Gasteiger partial charge in [-0.2, -0.15) is 0 Å². The van der Waals surface area contributed by atoms with Gasteiger partial charge in [0, 0.05) is 33.5 Å². The van der Waals surface area contributed by atoms with Gasteiger partial charge in [-0.15, -0.1) is 0 Å². The number of carbonyl (C=O) groups excluding carboxylic acids is 2. The first kappa shape index (κ1) is 20.9. The van der Waals surface area contributed by atoms with Gasteiger partial charge in [-0.1, -0.05) is 25.7 Å². The summed E-state index contributed by atoms with van der Waals surface area (Å²) >= 11 is 0. The molecule has 0 aromatic heterocycles. The topological polar surface area (TPSA) is 61.4 Å². The number of rotatable bonds is 14. The Kier molecular flexibility index (Phi) is 14.1. The standard InChI is InChI=1S/C17H35N3O2/c1-18-14-10-6-4-8-12-16(21)19-15-11-7-5-9-13-17(22)20(2)3/h18H,4-15H2,1-3H3,(H,19,21). The van der Waals surface area contributed by atoms with E-state index in [4.69, 9.17) is 0 Å². The van der Waals surface area contributed by atoms with Gasteiger partial charge in [-0.05, 0) is 39.3 Å². The quantitative estimate of drug-likeness (QED) is 0.484. The van der Waals surface area contributed by atoms with E-state index in [1.54, 1.807) is 19.0 Å². The first-order chi connectivity index (χ1) is 10.6. The van der Waals surface area contributed by atoms with Crippen LogP contribution in [0.15, 0.2) is 0 Å². The highest BCUT2D eigenvalue weighted by atomic mass is 16.2. The molecular formula is C17H35N3O2. The molecule has 0 radical (unpaired) electrons.